The summed E-state index contributed by atoms with van der Waals surface area (Å²) < 4.78 is 12.7. The first-order chi connectivity index (χ1) is 10.0. The molecule has 0 fully saturated rings. The summed E-state index contributed by atoms with van der Waals surface area (Å²) >= 11 is 0. The molecule has 0 heterocycles. The number of carbonyl (C=O) groups is 3. The van der Waals surface area contributed by atoms with Crippen LogP contribution < -0.4 is 10.6 Å². The van der Waals surface area contributed by atoms with Gasteiger partial charge in [-0.05, 0) is 30.7 Å². The van der Waals surface area contributed by atoms with Gasteiger partial charge in [-0.25, -0.2) is 4.39 Å². The van der Waals surface area contributed by atoms with Crippen LogP contribution in [-0.4, -0.2) is 30.7 Å². The van der Waals surface area contributed by atoms with Crippen molar-refractivity contribution in [2.24, 2.45) is 0 Å². The number of amides is 2. The maximum atomic E-state index is 12.7. The van der Waals surface area contributed by atoms with E-state index in [1.807, 2.05) is 6.92 Å². The van der Waals surface area contributed by atoms with Crippen LogP contribution in [0.1, 0.15) is 36.5 Å². The molecule has 21 heavy (non-hydrogen) atoms. The Morgan fingerprint density at radius 1 is 1.00 bits per heavy atom. The van der Waals surface area contributed by atoms with Gasteiger partial charge in [-0.15, -0.1) is 0 Å². The fourth-order valence-corrected chi connectivity index (χ4v) is 1.60. The number of rotatable bonds is 8. The fourth-order valence-electron chi connectivity index (χ4n) is 1.60. The molecule has 114 valence electrons. The standard InChI is InChI=1S/C15H19FN2O3/c1-2-9-17-15(21)10-18-14(20)8-7-13(19)11-3-5-12(16)6-4-11/h3-6H,2,7-10H2,1H3,(H,17,21)(H,18,20). The van der Waals surface area contributed by atoms with E-state index in [0.29, 0.717) is 12.1 Å². The van der Waals surface area contributed by atoms with Crippen LogP contribution in [0.5, 0.6) is 0 Å². The Hall–Kier alpha value is -2.24. The zero-order valence-corrected chi connectivity index (χ0v) is 11.9. The highest BCUT2D eigenvalue weighted by atomic mass is 19.1. The fraction of sp³-hybridized carbons (Fsp3) is 0.400. The molecule has 0 spiro atoms. The molecule has 6 heteroatoms. The van der Waals surface area contributed by atoms with E-state index in [4.69, 9.17) is 0 Å². The molecule has 2 amide bonds. The van der Waals surface area contributed by atoms with E-state index in [9.17, 15) is 18.8 Å². The van der Waals surface area contributed by atoms with Gasteiger partial charge in [-0.1, -0.05) is 6.92 Å². The second kappa shape index (κ2) is 8.84. The SMILES string of the molecule is CCCNC(=O)CNC(=O)CCC(=O)c1ccc(F)cc1. The number of carbonyl (C=O) groups excluding carboxylic acids is 3. The summed E-state index contributed by atoms with van der Waals surface area (Å²) in [7, 11) is 0. The molecule has 0 atom stereocenters. The first-order valence-electron chi connectivity index (χ1n) is 6.85. The van der Waals surface area contributed by atoms with Crippen molar-refractivity contribution in [1.29, 1.82) is 0 Å². The van der Waals surface area contributed by atoms with Crippen molar-refractivity contribution >= 4 is 17.6 Å². The Morgan fingerprint density at radius 3 is 2.29 bits per heavy atom. The number of halogens is 1. The summed E-state index contributed by atoms with van der Waals surface area (Å²) in [5.74, 6) is -1.27. The largest absolute Gasteiger partial charge is 0.355 e. The normalized spacial score (nSPS) is 10.0. The van der Waals surface area contributed by atoms with Crippen LogP contribution in [0, 0.1) is 5.82 Å². The van der Waals surface area contributed by atoms with Crippen molar-refractivity contribution in [3.05, 3.63) is 35.6 Å². The monoisotopic (exact) mass is 294 g/mol. The van der Waals surface area contributed by atoms with Crippen molar-refractivity contribution in [2.45, 2.75) is 26.2 Å². The summed E-state index contributed by atoms with van der Waals surface area (Å²) in [5, 5.41) is 5.07. The average Bonchev–Trinajstić information content (AvgIpc) is 2.49. The molecule has 1 aromatic carbocycles. The number of hydrogen-bond donors (Lipinski definition) is 2. The molecule has 0 saturated heterocycles. The Kier molecular flexibility index (Phi) is 7.08. The van der Waals surface area contributed by atoms with Gasteiger partial charge in [0.05, 0.1) is 6.54 Å². The third-order valence-electron chi connectivity index (χ3n) is 2.76. The van der Waals surface area contributed by atoms with Crippen molar-refractivity contribution in [1.82, 2.24) is 10.6 Å². The maximum absolute atomic E-state index is 12.7. The van der Waals surface area contributed by atoms with Gasteiger partial charge in [-0.3, -0.25) is 14.4 Å². The zero-order chi connectivity index (χ0) is 15.7. The van der Waals surface area contributed by atoms with E-state index < -0.39 is 5.82 Å². The van der Waals surface area contributed by atoms with Crippen LogP contribution in [0.25, 0.3) is 0 Å². The van der Waals surface area contributed by atoms with Crippen LogP contribution in [0.3, 0.4) is 0 Å². The summed E-state index contributed by atoms with van der Waals surface area (Å²) in [4.78, 5) is 34.5. The molecular formula is C15H19FN2O3. The van der Waals surface area contributed by atoms with E-state index >= 15 is 0 Å². The quantitative estimate of drug-likeness (QED) is 0.712. The molecule has 0 aliphatic rings. The van der Waals surface area contributed by atoms with Crippen LogP contribution in [0.4, 0.5) is 4.39 Å². The molecule has 0 radical (unpaired) electrons. The second-order valence-corrected chi connectivity index (χ2v) is 4.56. The van der Waals surface area contributed by atoms with E-state index in [-0.39, 0.29) is 37.0 Å². The molecule has 0 saturated carbocycles. The van der Waals surface area contributed by atoms with Gasteiger partial charge in [-0.2, -0.15) is 0 Å². The number of ketones is 1. The Morgan fingerprint density at radius 2 is 1.67 bits per heavy atom. The van der Waals surface area contributed by atoms with Crippen molar-refractivity contribution in [3.63, 3.8) is 0 Å². The van der Waals surface area contributed by atoms with E-state index in [1.54, 1.807) is 0 Å². The molecule has 1 aromatic rings. The van der Waals surface area contributed by atoms with Crippen LogP contribution in [0.2, 0.25) is 0 Å². The second-order valence-electron chi connectivity index (χ2n) is 4.56. The average molecular weight is 294 g/mol. The lowest BCUT2D eigenvalue weighted by Crippen LogP contribution is -2.37. The van der Waals surface area contributed by atoms with Crippen LogP contribution in [-0.2, 0) is 9.59 Å². The molecule has 0 unspecified atom stereocenters. The van der Waals surface area contributed by atoms with Gasteiger partial charge in [0.1, 0.15) is 5.82 Å². The van der Waals surface area contributed by atoms with Gasteiger partial charge in [0.15, 0.2) is 5.78 Å². The summed E-state index contributed by atoms with van der Waals surface area (Å²) in [6.07, 6.45) is 0.844. The lowest BCUT2D eigenvalue weighted by atomic mass is 10.1. The highest BCUT2D eigenvalue weighted by Gasteiger charge is 2.10. The maximum Gasteiger partial charge on any atom is 0.239 e. The first kappa shape index (κ1) is 16.8. The lowest BCUT2D eigenvalue weighted by molar-refractivity contribution is -0.126. The molecular weight excluding hydrogens is 275 g/mol. The first-order valence-corrected chi connectivity index (χ1v) is 6.85. The summed E-state index contributed by atoms with van der Waals surface area (Å²) in [6, 6.07) is 5.16. The molecule has 5 nitrogen and oxygen atoms in total. The number of Topliss-reactive ketones (excluding diaryl/α,β-unsaturated/α-hetero) is 1. The van der Waals surface area contributed by atoms with E-state index in [0.717, 1.165) is 6.42 Å². The zero-order valence-electron chi connectivity index (χ0n) is 11.9. The summed E-state index contributed by atoms with van der Waals surface area (Å²) in [6.45, 7) is 2.40. The Labute approximate surface area is 122 Å². The molecule has 0 aliphatic carbocycles. The van der Waals surface area contributed by atoms with E-state index in [2.05, 4.69) is 10.6 Å². The lowest BCUT2D eigenvalue weighted by Gasteiger charge is -2.06. The minimum Gasteiger partial charge on any atom is -0.355 e. The smallest absolute Gasteiger partial charge is 0.239 e. The number of benzene rings is 1. The molecule has 1 rings (SSSR count). The third-order valence-corrected chi connectivity index (χ3v) is 2.76. The number of hydrogen-bond acceptors (Lipinski definition) is 3. The number of nitrogens with one attached hydrogen (secondary N) is 2. The predicted octanol–water partition coefficient (Wildman–Crippen LogP) is 1.43. The van der Waals surface area contributed by atoms with Gasteiger partial charge >= 0.3 is 0 Å². The minimum absolute atomic E-state index is 0.00271. The molecule has 0 bridgehead atoms. The Bertz CT molecular complexity index is 500. The van der Waals surface area contributed by atoms with Gasteiger partial charge < -0.3 is 10.6 Å². The third kappa shape index (κ3) is 6.65. The molecule has 0 aliphatic heterocycles. The van der Waals surface area contributed by atoms with Crippen molar-refractivity contribution in [2.75, 3.05) is 13.1 Å². The van der Waals surface area contributed by atoms with E-state index in [1.165, 1.54) is 24.3 Å². The topological polar surface area (TPSA) is 75.3 Å². The molecule has 0 aromatic heterocycles. The van der Waals surface area contributed by atoms with Gasteiger partial charge in [0.2, 0.25) is 11.8 Å². The van der Waals surface area contributed by atoms with Crippen molar-refractivity contribution in [3.8, 4) is 0 Å². The minimum atomic E-state index is -0.414. The van der Waals surface area contributed by atoms with Gasteiger partial charge in [0, 0.05) is 24.9 Å². The van der Waals surface area contributed by atoms with Crippen LogP contribution in [0.15, 0.2) is 24.3 Å². The Balaban J connectivity index is 2.28. The highest BCUT2D eigenvalue weighted by Crippen LogP contribution is 2.07. The van der Waals surface area contributed by atoms with Gasteiger partial charge in [0.25, 0.3) is 0 Å². The highest BCUT2D eigenvalue weighted by molar-refractivity contribution is 5.98. The predicted molar refractivity (Wildman–Crippen MR) is 76.3 cm³/mol. The van der Waals surface area contributed by atoms with Crippen LogP contribution >= 0.6 is 0 Å². The molecule has 2 N–H and O–H groups in total. The summed E-state index contributed by atoms with van der Waals surface area (Å²) in [5.41, 5.74) is 0.366. The van der Waals surface area contributed by atoms with Crippen molar-refractivity contribution < 1.29 is 18.8 Å².